The Kier molecular flexibility index (Phi) is 6.66. The van der Waals surface area contributed by atoms with Crippen molar-refractivity contribution in [1.82, 2.24) is 14.5 Å². The molecule has 1 aliphatic carbocycles. The summed E-state index contributed by atoms with van der Waals surface area (Å²) in [6.45, 7) is 8.08. The maximum atomic E-state index is 12.4. The SMILES string of the molecule is C=CS(=O)(=O)N1CCN(C(=O)CN[C@@H]2C(O)=C[C@H](Cl)[C@@](C)(Cl)C2C)CC1. The highest BCUT2D eigenvalue weighted by molar-refractivity contribution is 7.92. The fraction of sp³-hybridized carbons (Fsp3) is 0.688. The molecule has 0 aromatic heterocycles. The van der Waals surface area contributed by atoms with Crippen molar-refractivity contribution < 1.29 is 18.3 Å². The van der Waals surface area contributed by atoms with Crippen LogP contribution in [0.15, 0.2) is 23.8 Å². The van der Waals surface area contributed by atoms with Crippen LogP contribution < -0.4 is 5.32 Å². The molecule has 2 N–H and O–H groups in total. The zero-order chi connectivity index (χ0) is 19.7. The van der Waals surface area contributed by atoms with Crippen molar-refractivity contribution >= 4 is 39.1 Å². The minimum atomic E-state index is -3.46. The molecule has 1 saturated heterocycles. The lowest BCUT2D eigenvalue weighted by molar-refractivity contribution is -0.131. The summed E-state index contributed by atoms with van der Waals surface area (Å²) in [6, 6.07) is -0.473. The Balaban J connectivity index is 1.92. The smallest absolute Gasteiger partial charge is 0.236 e. The van der Waals surface area contributed by atoms with Crippen LogP contribution in [0.5, 0.6) is 0 Å². The lowest BCUT2D eigenvalue weighted by atomic mass is 9.80. The summed E-state index contributed by atoms with van der Waals surface area (Å²) in [7, 11) is -3.46. The third-order valence-electron chi connectivity index (χ3n) is 5.20. The second kappa shape index (κ2) is 8.06. The molecule has 4 atom stereocenters. The van der Waals surface area contributed by atoms with Crippen LogP contribution in [0.25, 0.3) is 0 Å². The topological polar surface area (TPSA) is 90.0 Å². The zero-order valence-corrected chi connectivity index (χ0v) is 17.2. The summed E-state index contributed by atoms with van der Waals surface area (Å²) in [6.07, 6.45) is 1.50. The number of piperazine rings is 1. The highest BCUT2D eigenvalue weighted by atomic mass is 35.5. The van der Waals surface area contributed by atoms with Gasteiger partial charge < -0.3 is 10.0 Å². The maximum Gasteiger partial charge on any atom is 0.236 e. The first-order chi connectivity index (χ1) is 12.0. The number of nitrogens with one attached hydrogen (secondary N) is 1. The number of aliphatic hydroxyl groups excluding tert-OH is 1. The average Bonchev–Trinajstić information content (AvgIpc) is 2.60. The van der Waals surface area contributed by atoms with Crippen molar-refractivity contribution in [3.63, 3.8) is 0 Å². The molecule has 2 aliphatic rings. The molecule has 0 bridgehead atoms. The summed E-state index contributed by atoms with van der Waals surface area (Å²) >= 11 is 12.7. The molecule has 1 heterocycles. The van der Waals surface area contributed by atoms with Crippen molar-refractivity contribution in [3.05, 3.63) is 23.8 Å². The van der Waals surface area contributed by atoms with Crippen LogP contribution in [0.4, 0.5) is 0 Å². The first-order valence-corrected chi connectivity index (χ1v) is 10.7. The van der Waals surface area contributed by atoms with Gasteiger partial charge in [0.05, 0.1) is 22.8 Å². The average molecular weight is 426 g/mol. The van der Waals surface area contributed by atoms with E-state index in [1.807, 2.05) is 6.92 Å². The quantitative estimate of drug-likeness (QED) is 0.647. The Morgan fingerprint density at radius 1 is 1.46 bits per heavy atom. The number of sulfonamides is 1. The number of carbonyl (C=O) groups is 1. The van der Waals surface area contributed by atoms with E-state index in [-0.39, 0.29) is 37.2 Å². The number of carbonyl (C=O) groups excluding carboxylic acids is 1. The predicted molar refractivity (Wildman–Crippen MR) is 103 cm³/mol. The molecule has 148 valence electrons. The Labute approximate surface area is 164 Å². The van der Waals surface area contributed by atoms with Crippen molar-refractivity contribution in [2.24, 2.45) is 5.92 Å². The summed E-state index contributed by atoms with van der Waals surface area (Å²) in [5.41, 5.74) is 0. The van der Waals surface area contributed by atoms with Gasteiger partial charge in [0.25, 0.3) is 0 Å². The molecule has 10 heteroatoms. The number of alkyl halides is 2. The maximum absolute atomic E-state index is 12.4. The van der Waals surface area contributed by atoms with E-state index >= 15 is 0 Å². The van der Waals surface area contributed by atoms with Gasteiger partial charge in [-0.05, 0) is 18.9 Å². The van der Waals surface area contributed by atoms with Crippen LogP contribution in [-0.2, 0) is 14.8 Å². The number of aliphatic hydroxyl groups is 1. The molecule has 0 aromatic carbocycles. The molecule has 2 rings (SSSR count). The van der Waals surface area contributed by atoms with Crippen molar-refractivity contribution in [3.8, 4) is 0 Å². The molecular weight excluding hydrogens is 401 g/mol. The molecule has 7 nitrogen and oxygen atoms in total. The number of rotatable bonds is 5. The van der Waals surface area contributed by atoms with E-state index in [2.05, 4.69) is 11.9 Å². The second-order valence-corrected chi connectivity index (χ2v) is 9.95. The van der Waals surface area contributed by atoms with Gasteiger partial charge in [-0.25, -0.2) is 8.42 Å². The minimum absolute atomic E-state index is 0.0149. The monoisotopic (exact) mass is 425 g/mol. The molecule has 0 aromatic rings. The van der Waals surface area contributed by atoms with Gasteiger partial charge in [0.2, 0.25) is 15.9 Å². The molecule has 1 unspecified atom stereocenters. The van der Waals surface area contributed by atoms with Crippen LogP contribution in [0.3, 0.4) is 0 Å². The van der Waals surface area contributed by atoms with Gasteiger partial charge in [-0.1, -0.05) is 13.5 Å². The first kappa shape index (κ1) is 21.5. The minimum Gasteiger partial charge on any atom is -0.511 e. The van der Waals surface area contributed by atoms with E-state index in [1.165, 1.54) is 10.4 Å². The number of amides is 1. The van der Waals surface area contributed by atoms with Crippen LogP contribution in [0.2, 0.25) is 0 Å². The van der Waals surface area contributed by atoms with Gasteiger partial charge in [-0.3, -0.25) is 10.1 Å². The lowest BCUT2D eigenvalue weighted by Crippen LogP contribution is -2.55. The molecule has 1 aliphatic heterocycles. The van der Waals surface area contributed by atoms with E-state index in [1.54, 1.807) is 11.8 Å². The molecule has 26 heavy (non-hydrogen) atoms. The summed E-state index contributed by atoms with van der Waals surface area (Å²) in [5, 5.41) is 13.6. The first-order valence-electron chi connectivity index (χ1n) is 8.38. The third-order valence-corrected chi connectivity index (χ3v) is 7.98. The van der Waals surface area contributed by atoms with E-state index in [9.17, 15) is 18.3 Å². The van der Waals surface area contributed by atoms with E-state index in [4.69, 9.17) is 23.2 Å². The van der Waals surface area contributed by atoms with E-state index in [0.29, 0.717) is 13.1 Å². The van der Waals surface area contributed by atoms with Crippen LogP contribution in [-0.4, -0.2) is 77.7 Å². The Bertz CT molecular complexity index is 688. The lowest BCUT2D eigenvalue weighted by Gasteiger charge is -2.41. The number of hydrogen-bond donors (Lipinski definition) is 2. The van der Waals surface area contributed by atoms with Crippen molar-refractivity contribution in [1.29, 1.82) is 0 Å². The number of allylic oxidation sites excluding steroid dienone is 1. The molecule has 0 saturated carbocycles. The number of halogens is 2. The fourth-order valence-electron chi connectivity index (χ4n) is 3.14. The summed E-state index contributed by atoms with van der Waals surface area (Å²) in [4.78, 5) is 13.3. The molecular formula is C16H25Cl2N3O4S. The zero-order valence-electron chi connectivity index (χ0n) is 14.9. The standard InChI is InChI=1S/C16H25Cl2N3O4S/c1-4-26(24,25)21-7-5-20(6-8-21)14(23)10-19-15-11(2)16(3,18)13(17)9-12(15)22/h4,9,11,13,15,19,22H,1,5-8,10H2,2-3H3/t11?,13-,15-,16-/m0/s1. The van der Waals surface area contributed by atoms with Gasteiger partial charge in [-0.15, -0.1) is 23.2 Å². The molecule has 0 radical (unpaired) electrons. The van der Waals surface area contributed by atoms with Crippen molar-refractivity contribution in [2.75, 3.05) is 32.7 Å². The number of hydrogen-bond acceptors (Lipinski definition) is 5. The Hall–Kier alpha value is -0.800. The summed E-state index contributed by atoms with van der Waals surface area (Å²) in [5.74, 6) is -0.283. The van der Waals surface area contributed by atoms with Gasteiger partial charge in [-0.2, -0.15) is 4.31 Å². The van der Waals surface area contributed by atoms with Gasteiger partial charge in [0, 0.05) is 31.6 Å². The highest BCUT2D eigenvalue weighted by Gasteiger charge is 2.45. The molecule has 0 spiro atoms. The largest absolute Gasteiger partial charge is 0.511 e. The predicted octanol–water partition coefficient (Wildman–Crippen LogP) is 1.26. The van der Waals surface area contributed by atoms with Crippen LogP contribution in [0.1, 0.15) is 13.8 Å². The molecule has 1 amide bonds. The van der Waals surface area contributed by atoms with Gasteiger partial charge >= 0.3 is 0 Å². The van der Waals surface area contributed by atoms with Crippen LogP contribution in [0, 0.1) is 5.92 Å². The van der Waals surface area contributed by atoms with E-state index < -0.39 is 26.3 Å². The normalized spacial score (nSPS) is 33.6. The number of nitrogens with zero attached hydrogens (tertiary/aromatic N) is 2. The summed E-state index contributed by atoms with van der Waals surface area (Å²) < 4.78 is 24.8. The van der Waals surface area contributed by atoms with Gasteiger partial charge in [0.1, 0.15) is 5.76 Å². The second-order valence-electron chi connectivity index (χ2n) is 6.78. The van der Waals surface area contributed by atoms with E-state index in [0.717, 1.165) is 5.41 Å². The van der Waals surface area contributed by atoms with Crippen LogP contribution >= 0.6 is 23.2 Å². The Morgan fingerprint density at radius 3 is 2.58 bits per heavy atom. The van der Waals surface area contributed by atoms with Crippen molar-refractivity contribution in [2.45, 2.75) is 30.1 Å². The third kappa shape index (κ3) is 4.36. The van der Waals surface area contributed by atoms with Gasteiger partial charge in [0.15, 0.2) is 0 Å². The fourth-order valence-corrected chi connectivity index (χ4v) is 4.54. The highest BCUT2D eigenvalue weighted by Crippen LogP contribution is 2.40. The Morgan fingerprint density at radius 2 is 2.04 bits per heavy atom. The molecule has 1 fully saturated rings.